The van der Waals surface area contributed by atoms with Crippen molar-refractivity contribution >= 4 is 0 Å². The first-order valence-corrected chi connectivity index (χ1v) is 10.1. The van der Waals surface area contributed by atoms with Crippen molar-refractivity contribution < 1.29 is 0 Å². The maximum absolute atomic E-state index is 3.62. The summed E-state index contributed by atoms with van der Waals surface area (Å²) < 4.78 is 0. The lowest BCUT2D eigenvalue weighted by Gasteiger charge is -2.22. The van der Waals surface area contributed by atoms with Crippen molar-refractivity contribution in [2.75, 3.05) is 52.9 Å². The molecule has 1 heterocycles. The van der Waals surface area contributed by atoms with Gasteiger partial charge < -0.3 is 21.3 Å². The van der Waals surface area contributed by atoms with Crippen molar-refractivity contribution in [1.29, 1.82) is 0 Å². The lowest BCUT2D eigenvalue weighted by molar-refractivity contribution is 0.348. The van der Waals surface area contributed by atoms with Crippen molar-refractivity contribution in [2.45, 2.75) is 58.3 Å². The van der Waals surface area contributed by atoms with Gasteiger partial charge in [0.25, 0.3) is 0 Å². The van der Waals surface area contributed by atoms with Gasteiger partial charge in [0.2, 0.25) is 0 Å². The van der Waals surface area contributed by atoms with Crippen LogP contribution in [0.15, 0.2) is 0 Å². The number of nitrogens with one attached hydrogen (secondary N) is 4. The second kappa shape index (κ2) is 15.4. The Morgan fingerprint density at radius 1 is 0.913 bits per heavy atom. The molecule has 1 saturated heterocycles. The maximum Gasteiger partial charge on any atom is -0.00463 e. The van der Waals surface area contributed by atoms with E-state index in [1.54, 1.807) is 0 Å². The molecule has 1 aliphatic rings. The molecule has 0 spiro atoms. The molecule has 1 atom stereocenters. The number of hydrogen-bond donors (Lipinski definition) is 4. The van der Waals surface area contributed by atoms with E-state index in [1.807, 2.05) is 7.05 Å². The van der Waals surface area contributed by atoms with Crippen LogP contribution in [-0.4, -0.2) is 52.9 Å². The lowest BCUT2D eigenvalue weighted by Crippen LogP contribution is -2.30. The highest BCUT2D eigenvalue weighted by Gasteiger charge is 2.11. The summed E-state index contributed by atoms with van der Waals surface area (Å²) in [6, 6.07) is 0. The van der Waals surface area contributed by atoms with Crippen LogP contribution in [0.4, 0.5) is 0 Å². The molecule has 0 aromatic heterocycles. The number of piperidine rings is 1. The fraction of sp³-hybridized carbons (Fsp3) is 1.00. The number of hydrogen-bond acceptors (Lipinski definition) is 4. The average molecular weight is 327 g/mol. The lowest BCUT2D eigenvalue weighted by atomic mass is 9.95. The van der Waals surface area contributed by atoms with Gasteiger partial charge in [-0.3, -0.25) is 0 Å². The Labute approximate surface area is 145 Å². The molecule has 0 aromatic carbocycles. The number of rotatable bonds is 15. The minimum atomic E-state index is 0.881. The van der Waals surface area contributed by atoms with Crippen molar-refractivity contribution in [1.82, 2.24) is 21.3 Å². The average Bonchev–Trinajstić information content (AvgIpc) is 2.60. The zero-order valence-corrected chi connectivity index (χ0v) is 15.8. The third kappa shape index (κ3) is 11.9. The zero-order valence-electron chi connectivity index (χ0n) is 15.8. The Bertz CT molecular complexity index is 242. The van der Waals surface area contributed by atoms with Crippen LogP contribution >= 0.6 is 0 Å². The highest BCUT2D eigenvalue weighted by atomic mass is 14.9. The Hall–Kier alpha value is -0.160. The monoisotopic (exact) mass is 326 g/mol. The van der Waals surface area contributed by atoms with Gasteiger partial charge >= 0.3 is 0 Å². The van der Waals surface area contributed by atoms with Gasteiger partial charge in [-0.2, -0.15) is 0 Å². The summed E-state index contributed by atoms with van der Waals surface area (Å²) in [5.74, 6) is 1.84. The summed E-state index contributed by atoms with van der Waals surface area (Å²) in [7, 11) is 2.05. The van der Waals surface area contributed by atoms with Gasteiger partial charge in [-0.1, -0.05) is 13.3 Å². The molecule has 0 radical (unpaired) electrons. The van der Waals surface area contributed by atoms with Crippen molar-refractivity contribution in [3.63, 3.8) is 0 Å². The van der Waals surface area contributed by atoms with E-state index in [9.17, 15) is 0 Å². The van der Waals surface area contributed by atoms with E-state index in [2.05, 4.69) is 28.2 Å². The number of unbranched alkanes of at least 4 members (excludes halogenated alkanes) is 1. The second-order valence-electron chi connectivity index (χ2n) is 7.14. The molecule has 1 aliphatic heterocycles. The van der Waals surface area contributed by atoms with Crippen LogP contribution in [-0.2, 0) is 0 Å². The predicted octanol–water partition coefficient (Wildman–Crippen LogP) is 2.36. The van der Waals surface area contributed by atoms with E-state index in [4.69, 9.17) is 0 Å². The van der Waals surface area contributed by atoms with E-state index in [-0.39, 0.29) is 0 Å². The maximum atomic E-state index is 3.62. The van der Waals surface area contributed by atoms with E-state index in [0.717, 1.165) is 18.4 Å². The Morgan fingerprint density at radius 3 is 2.22 bits per heavy atom. The summed E-state index contributed by atoms with van der Waals surface area (Å²) >= 11 is 0. The van der Waals surface area contributed by atoms with Crippen LogP contribution in [0.2, 0.25) is 0 Å². The molecule has 4 nitrogen and oxygen atoms in total. The first-order chi connectivity index (χ1) is 11.4. The van der Waals surface area contributed by atoms with Crippen molar-refractivity contribution in [3.8, 4) is 0 Å². The van der Waals surface area contributed by atoms with E-state index in [0.29, 0.717) is 0 Å². The Balaban J connectivity index is 1.78. The fourth-order valence-corrected chi connectivity index (χ4v) is 3.43. The molecule has 1 unspecified atom stereocenters. The van der Waals surface area contributed by atoms with Gasteiger partial charge in [0.1, 0.15) is 0 Å². The molecule has 4 heteroatoms. The molecular weight excluding hydrogens is 284 g/mol. The van der Waals surface area contributed by atoms with Crippen LogP contribution in [0.5, 0.6) is 0 Å². The topological polar surface area (TPSA) is 48.1 Å². The van der Waals surface area contributed by atoms with Crippen LogP contribution < -0.4 is 21.3 Å². The molecule has 0 amide bonds. The van der Waals surface area contributed by atoms with Gasteiger partial charge in [0, 0.05) is 0 Å². The minimum absolute atomic E-state index is 0.881. The third-order valence-corrected chi connectivity index (χ3v) is 5.25. The first-order valence-electron chi connectivity index (χ1n) is 10.1. The summed E-state index contributed by atoms with van der Waals surface area (Å²) in [6.07, 6.45) is 10.7. The molecule has 1 fully saturated rings. The van der Waals surface area contributed by atoms with Crippen molar-refractivity contribution in [3.05, 3.63) is 0 Å². The summed E-state index contributed by atoms with van der Waals surface area (Å²) in [5.41, 5.74) is 0. The molecule has 23 heavy (non-hydrogen) atoms. The molecule has 138 valence electrons. The van der Waals surface area contributed by atoms with Crippen LogP contribution in [0.25, 0.3) is 0 Å². The van der Waals surface area contributed by atoms with Gasteiger partial charge in [-0.25, -0.2) is 0 Å². The van der Waals surface area contributed by atoms with Gasteiger partial charge in [-0.05, 0) is 110 Å². The Kier molecular flexibility index (Phi) is 14.0. The minimum Gasteiger partial charge on any atom is -0.320 e. The normalized spacial score (nSPS) is 17.5. The summed E-state index contributed by atoms with van der Waals surface area (Å²) in [6.45, 7) is 10.7. The fourth-order valence-electron chi connectivity index (χ4n) is 3.43. The third-order valence-electron chi connectivity index (χ3n) is 5.25. The van der Waals surface area contributed by atoms with Crippen molar-refractivity contribution in [2.24, 2.45) is 11.8 Å². The summed E-state index contributed by atoms with van der Waals surface area (Å²) in [4.78, 5) is 0. The quantitative estimate of drug-likeness (QED) is 0.349. The molecule has 4 N–H and O–H groups in total. The first kappa shape index (κ1) is 20.9. The van der Waals surface area contributed by atoms with E-state index >= 15 is 0 Å². The standard InChI is InChI=1S/C19H42N4/c1-3-18(6-13-20-2)7-14-21-11-4-5-12-22-15-8-19-9-16-23-17-10-19/h18-23H,3-17H2,1-2H3. The SMILES string of the molecule is CCC(CCNC)CCNCCCCNCCC1CCNCC1. The second-order valence-corrected chi connectivity index (χ2v) is 7.14. The molecule has 0 bridgehead atoms. The van der Waals surface area contributed by atoms with Crippen LogP contribution in [0.3, 0.4) is 0 Å². The molecule has 0 saturated carbocycles. The smallest absolute Gasteiger partial charge is 0.00463 e. The van der Waals surface area contributed by atoms with Gasteiger partial charge in [0.15, 0.2) is 0 Å². The molecule has 0 aliphatic carbocycles. The summed E-state index contributed by atoms with van der Waals surface area (Å²) in [5, 5.41) is 13.9. The Morgan fingerprint density at radius 2 is 1.57 bits per heavy atom. The highest BCUT2D eigenvalue weighted by molar-refractivity contribution is 4.69. The molecular formula is C19H42N4. The molecule has 0 aromatic rings. The van der Waals surface area contributed by atoms with Gasteiger partial charge in [0.05, 0.1) is 0 Å². The van der Waals surface area contributed by atoms with Crippen LogP contribution in [0.1, 0.15) is 58.3 Å². The van der Waals surface area contributed by atoms with Gasteiger partial charge in [-0.15, -0.1) is 0 Å². The predicted molar refractivity (Wildman–Crippen MR) is 102 cm³/mol. The largest absolute Gasteiger partial charge is 0.320 e. The van der Waals surface area contributed by atoms with E-state index in [1.165, 1.54) is 90.6 Å². The van der Waals surface area contributed by atoms with Crippen LogP contribution in [0, 0.1) is 11.8 Å². The molecule has 1 rings (SSSR count). The van der Waals surface area contributed by atoms with E-state index < -0.39 is 0 Å². The highest BCUT2D eigenvalue weighted by Crippen LogP contribution is 2.14. The zero-order chi connectivity index (χ0) is 16.6.